The standard InChI is InChI=1S/C30H30FIN6O6/c1-17(2)24(39)35-27-34-23-20(33-16-37(23)26-21-22(30(31,15-32)44-26)43-29(3,4)42-21)25(36-27)41-28(40)38(18-11-7-5-8-12-18)19-13-9-6-10-14-19/h5-14,16-17,21-22,26H,15H2,1-4H3,(H,34,35,36,39)/t21-,22?,26+,30-/m0/s1. The fraction of sp³-hybridized carbons (Fsp3) is 0.367. The summed E-state index contributed by atoms with van der Waals surface area (Å²) in [5.74, 6) is -4.30. The minimum Gasteiger partial charge on any atom is -0.388 e. The van der Waals surface area contributed by atoms with Crippen molar-refractivity contribution in [3.8, 4) is 5.88 Å². The number of halogens is 2. The van der Waals surface area contributed by atoms with Crippen molar-refractivity contribution in [1.82, 2.24) is 19.5 Å². The van der Waals surface area contributed by atoms with Gasteiger partial charge in [-0.25, -0.2) is 19.1 Å². The van der Waals surface area contributed by atoms with E-state index in [1.54, 1.807) is 76.2 Å². The van der Waals surface area contributed by atoms with Gasteiger partial charge >= 0.3 is 6.09 Å². The highest BCUT2D eigenvalue weighted by Gasteiger charge is 2.64. The van der Waals surface area contributed by atoms with Crippen LogP contribution in [0.2, 0.25) is 0 Å². The van der Waals surface area contributed by atoms with Gasteiger partial charge in [0.25, 0.3) is 5.88 Å². The Morgan fingerprint density at radius 2 is 1.68 bits per heavy atom. The Bertz CT molecular complexity index is 1650. The summed E-state index contributed by atoms with van der Waals surface area (Å²) in [6, 6.07) is 17.9. The lowest BCUT2D eigenvalue weighted by atomic mass is 10.1. The largest absolute Gasteiger partial charge is 0.425 e. The first kappa shape index (κ1) is 30.3. The number of nitrogens with zero attached hydrogens (tertiary/aromatic N) is 5. The average Bonchev–Trinajstić information content (AvgIpc) is 3.64. The van der Waals surface area contributed by atoms with Crippen LogP contribution in [0.1, 0.15) is 33.9 Å². The van der Waals surface area contributed by atoms with Crippen molar-refractivity contribution in [1.29, 1.82) is 0 Å². The normalized spacial score (nSPS) is 23.9. The summed E-state index contributed by atoms with van der Waals surface area (Å²) in [7, 11) is 0. The van der Waals surface area contributed by atoms with Crippen LogP contribution in [-0.2, 0) is 19.0 Å². The lowest BCUT2D eigenvalue weighted by Crippen LogP contribution is -2.40. The number of amides is 2. The molecule has 2 aromatic heterocycles. The molecule has 0 saturated carbocycles. The van der Waals surface area contributed by atoms with Crippen LogP contribution in [0.4, 0.5) is 26.5 Å². The third kappa shape index (κ3) is 5.62. The Kier molecular flexibility index (Phi) is 8.02. The van der Waals surface area contributed by atoms with Crippen LogP contribution in [0.25, 0.3) is 11.2 Å². The first-order valence-electron chi connectivity index (χ1n) is 14.0. The van der Waals surface area contributed by atoms with Crippen LogP contribution in [0, 0.1) is 5.92 Å². The minimum absolute atomic E-state index is 0.0170. The Balaban J connectivity index is 1.43. The van der Waals surface area contributed by atoms with E-state index in [0.717, 1.165) is 0 Å². The molecule has 4 atom stereocenters. The number of fused-ring (bicyclic) bond motifs is 2. The van der Waals surface area contributed by atoms with E-state index in [9.17, 15) is 9.59 Å². The van der Waals surface area contributed by atoms with E-state index in [-0.39, 0.29) is 33.3 Å². The first-order chi connectivity index (χ1) is 21.0. The van der Waals surface area contributed by atoms with Gasteiger partial charge in [-0.1, -0.05) is 72.8 Å². The molecular weight excluding hydrogens is 686 g/mol. The number of nitrogens with one attached hydrogen (secondary N) is 1. The molecule has 0 bridgehead atoms. The van der Waals surface area contributed by atoms with E-state index < -0.39 is 42.1 Å². The molecule has 12 nitrogen and oxygen atoms in total. The SMILES string of the molecule is CC(C)C(=O)Nc1nc(OC(=O)N(c2ccccc2)c2ccccc2)c2ncn([C@@H]3O[C@@](F)(CI)C4OC(C)(C)O[C@@H]43)c2n1. The molecule has 1 N–H and O–H groups in total. The van der Waals surface area contributed by atoms with Crippen LogP contribution in [-0.4, -0.2) is 59.8 Å². The topological polar surface area (TPSA) is 130 Å². The highest BCUT2D eigenvalue weighted by Crippen LogP contribution is 2.50. The van der Waals surface area contributed by atoms with Gasteiger partial charge < -0.3 is 18.9 Å². The van der Waals surface area contributed by atoms with Gasteiger partial charge in [-0.3, -0.25) is 14.7 Å². The molecule has 44 heavy (non-hydrogen) atoms. The molecule has 0 spiro atoms. The van der Waals surface area contributed by atoms with E-state index >= 15 is 4.39 Å². The molecule has 1 unspecified atom stereocenters. The second kappa shape index (κ2) is 11.6. The van der Waals surface area contributed by atoms with Crippen molar-refractivity contribution in [2.75, 3.05) is 14.6 Å². The van der Waals surface area contributed by atoms with E-state index in [0.29, 0.717) is 11.4 Å². The molecule has 2 aliphatic rings. The minimum atomic E-state index is -2.15. The molecule has 2 aliphatic heterocycles. The lowest BCUT2D eigenvalue weighted by Gasteiger charge is -2.27. The number of hydrogen-bond acceptors (Lipinski definition) is 9. The van der Waals surface area contributed by atoms with E-state index in [2.05, 4.69) is 20.3 Å². The van der Waals surface area contributed by atoms with Gasteiger partial charge in [0.05, 0.1) is 22.1 Å². The molecule has 0 aliphatic carbocycles. The van der Waals surface area contributed by atoms with Crippen LogP contribution < -0.4 is 15.0 Å². The third-order valence-electron chi connectivity index (χ3n) is 7.15. The Morgan fingerprint density at radius 1 is 1.05 bits per heavy atom. The van der Waals surface area contributed by atoms with Gasteiger partial charge in [0, 0.05) is 5.92 Å². The number of benzene rings is 2. The van der Waals surface area contributed by atoms with Crippen molar-refractivity contribution >= 4 is 63.1 Å². The molecule has 2 amide bonds. The molecule has 2 saturated heterocycles. The van der Waals surface area contributed by atoms with Crippen LogP contribution in [0.15, 0.2) is 67.0 Å². The van der Waals surface area contributed by atoms with Crippen molar-refractivity contribution in [2.45, 2.75) is 57.8 Å². The smallest absolute Gasteiger partial charge is 0.388 e. The van der Waals surface area contributed by atoms with Gasteiger partial charge in [-0.05, 0) is 38.1 Å². The zero-order chi connectivity index (χ0) is 31.2. The zero-order valence-corrected chi connectivity index (χ0v) is 26.5. The molecule has 230 valence electrons. The number of imidazole rings is 1. The fourth-order valence-corrected chi connectivity index (χ4v) is 5.70. The van der Waals surface area contributed by atoms with Gasteiger partial charge in [0.2, 0.25) is 17.7 Å². The van der Waals surface area contributed by atoms with Crippen molar-refractivity contribution in [3.05, 3.63) is 67.0 Å². The summed E-state index contributed by atoms with van der Waals surface area (Å²) in [5.41, 5.74) is 1.32. The summed E-state index contributed by atoms with van der Waals surface area (Å²) in [5, 5.41) is 2.65. The maximum atomic E-state index is 16.0. The number of alkyl halides is 2. The monoisotopic (exact) mass is 716 g/mol. The number of aromatic nitrogens is 4. The summed E-state index contributed by atoms with van der Waals surface area (Å²) >= 11 is 1.90. The molecule has 2 fully saturated rings. The third-order valence-corrected chi connectivity index (χ3v) is 8.19. The fourth-order valence-electron chi connectivity index (χ4n) is 5.09. The maximum Gasteiger partial charge on any atom is 0.425 e. The summed E-state index contributed by atoms with van der Waals surface area (Å²) in [4.78, 5) is 41.1. The Morgan fingerprint density at radius 3 is 2.27 bits per heavy atom. The van der Waals surface area contributed by atoms with Crippen LogP contribution >= 0.6 is 22.6 Å². The number of carbonyl (C=O) groups is 2. The molecule has 4 heterocycles. The van der Waals surface area contributed by atoms with Crippen molar-refractivity contribution in [3.63, 3.8) is 0 Å². The highest BCUT2D eigenvalue weighted by atomic mass is 127. The molecule has 6 rings (SSSR count). The zero-order valence-electron chi connectivity index (χ0n) is 24.3. The number of carbonyl (C=O) groups excluding carboxylic acids is 2. The van der Waals surface area contributed by atoms with E-state index in [4.69, 9.17) is 18.9 Å². The summed E-state index contributed by atoms with van der Waals surface area (Å²) in [6.07, 6.45) is -2.29. The predicted molar refractivity (Wildman–Crippen MR) is 167 cm³/mol. The quantitative estimate of drug-likeness (QED) is 0.183. The van der Waals surface area contributed by atoms with E-state index in [1.165, 1.54) is 15.8 Å². The Hall–Kier alpha value is -3.73. The second-order valence-corrected chi connectivity index (χ2v) is 11.9. The molecule has 4 aromatic rings. The van der Waals surface area contributed by atoms with Gasteiger partial charge in [-0.2, -0.15) is 9.97 Å². The first-order valence-corrected chi connectivity index (χ1v) is 15.5. The Labute approximate surface area is 266 Å². The molecule has 2 aromatic carbocycles. The maximum absolute atomic E-state index is 16.0. The lowest BCUT2D eigenvalue weighted by molar-refractivity contribution is -0.245. The summed E-state index contributed by atoms with van der Waals surface area (Å²) in [6.45, 7) is 6.83. The van der Waals surface area contributed by atoms with Gasteiger partial charge in [0.15, 0.2) is 29.3 Å². The van der Waals surface area contributed by atoms with Gasteiger partial charge in [-0.15, -0.1) is 0 Å². The highest BCUT2D eigenvalue weighted by molar-refractivity contribution is 14.1. The van der Waals surface area contributed by atoms with Crippen molar-refractivity contribution in [2.24, 2.45) is 5.92 Å². The van der Waals surface area contributed by atoms with E-state index in [1.807, 2.05) is 34.7 Å². The average molecular weight is 717 g/mol. The molecular formula is C30H30FIN6O6. The number of ether oxygens (including phenoxy) is 4. The second-order valence-electron chi connectivity index (χ2n) is 11.1. The number of hydrogen-bond donors (Lipinski definition) is 1. The predicted octanol–water partition coefficient (Wildman–Crippen LogP) is 5.91. The van der Waals surface area contributed by atoms with Crippen LogP contribution in [0.3, 0.4) is 0 Å². The molecule has 14 heteroatoms. The summed E-state index contributed by atoms with van der Waals surface area (Å²) < 4.78 is 41.1. The van der Waals surface area contributed by atoms with Crippen molar-refractivity contribution < 1.29 is 32.9 Å². The number of para-hydroxylation sites is 2. The molecule has 0 radical (unpaired) electrons. The van der Waals surface area contributed by atoms with Crippen LogP contribution in [0.5, 0.6) is 5.88 Å². The number of anilines is 3. The van der Waals surface area contributed by atoms with Gasteiger partial charge in [0.1, 0.15) is 6.10 Å². The number of rotatable bonds is 7.